The molecule has 8 heteroatoms. The first-order valence-corrected chi connectivity index (χ1v) is 11.8. The summed E-state index contributed by atoms with van der Waals surface area (Å²) in [6, 6.07) is 17.6. The molecule has 1 amide bonds. The molecule has 3 aromatic rings. The number of nitrogens with zero attached hydrogens (tertiary/aromatic N) is 1. The van der Waals surface area contributed by atoms with Crippen molar-refractivity contribution in [1.29, 1.82) is 0 Å². The van der Waals surface area contributed by atoms with E-state index >= 15 is 0 Å². The molecule has 162 valence electrons. The predicted molar refractivity (Wildman–Crippen MR) is 121 cm³/mol. The Morgan fingerprint density at radius 1 is 1.13 bits per heavy atom. The van der Waals surface area contributed by atoms with Gasteiger partial charge in [-0.25, -0.2) is 13.4 Å². The highest BCUT2D eigenvalue weighted by Gasteiger charge is 2.14. The van der Waals surface area contributed by atoms with Gasteiger partial charge in [0.15, 0.2) is 9.84 Å². The van der Waals surface area contributed by atoms with Gasteiger partial charge < -0.3 is 10.1 Å². The first kappa shape index (κ1) is 22.8. The Hall–Kier alpha value is -2.90. The van der Waals surface area contributed by atoms with Gasteiger partial charge in [-0.2, -0.15) is 0 Å². The first-order chi connectivity index (χ1) is 14.8. The topological polar surface area (TPSA) is 85.4 Å². The zero-order valence-electron chi connectivity index (χ0n) is 17.2. The smallest absolute Gasteiger partial charge is 0.233 e. The van der Waals surface area contributed by atoms with Gasteiger partial charge in [0.1, 0.15) is 11.1 Å². The Morgan fingerprint density at radius 3 is 2.42 bits per heavy atom. The van der Waals surface area contributed by atoms with Crippen molar-refractivity contribution >= 4 is 33.0 Å². The third kappa shape index (κ3) is 6.06. The van der Waals surface area contributed by atoms with E-state index < -0.39 is 9.84 Å². The van der Waals surface area contributed by atoms with Crippen LogP contribution in [0.1, 0.15) is 31.1 Å². The average Bonchev–Trinajstić information content (AvgIpc) is 2.76. The third-order valence-electron chi connectivity index (χ3n) is 4.68. The van der Waals surface area contributed by atoms with Crippen LogP contribution in [0.5, 0.6) is 5.88 Å². The average molecular weight is 459 g/mol. The van der Waals surface area contributed by atoms with Gasteiger partial charge >= 0.3 is 0 Å². The summed E-state index contributed by atoms with van der Waals surface area (Å²) < 4.78 is 29.6. The fourth-order valence-electron chi connectivity index (χ4n) is 2.91. The summed E-state index contributed by atoms with van der Waals surface area (Å²) >= 11 is 6.28. The molecular formula is C23H23ClN2O4S. The number of nitrogens with one attached hydrogen (secondary N) is 1. The molecule has 0 saturated heterocycles. The minimum absolute atomic E-state index is 0.0322. The Bertz CT molecular complexity index is 1150. The van der Waals surface area contributed by atoms with E-state index in [1.165, 1.54) is 18.3 Å². The summed E-state index contributed by atoms with van der Waals surface area (Å²) in [5.74, 6) is 0.0452. The number of hydrogen-bond donors (Lipinski definition) is 1. The van der Waals surface area contributed by atoms with Gasteiger partial charge in [-0.05, 0) is 36.2 Å². The maximum absolute atomic E-state index is 12.3. The zero-order chi connectivity index (χ0) is 22.4. The highest BCUT2D eigenvalue weighted by molar-refractivity contribution is 7.91. The maximum atomic E-state index is 12.3. The van der Waals surface area contributed by atoms with Gasteiger partial charge in [-0.1, -0.05) is 61.0 Å². The van der Waals surface area contributed by atoms with Crippen LogP contribution in [0.15, 0.2) is 71.8 Å². The standard InChI is InChI=1S/C23H23ClN2O4S/c1-3-31(28,29)20-11-9-17(10-12-20)13-22(27)26-19-14-21(24)23(25-15-19)30-16(2)18-7-5-4-6-8-18/h4-12,14-16H,3,13H2,1-2H3,(H,26,27)/t16-/m0/s1. The second-order valence-corrected chi connectivity index (χ2v) is 9.64. The van der Waals surface area contributed by atoms with Gasteiger partial charge in [-0.3, -0.25) is 4.79 Å². The van der Waals surface area contributed by atoms with E-state index in [1.54, 1.807) is 25.1 Å². The normalized spacial score (nSPS) is 12.2. The largest absolute Gasteiger partial charge is 0.469 e. The van der Waals surface area contributed by atoms with Gasteiger partial charge in [0, 0.05) is 0 Å². The van der Waals surface area contributed by atoms with E-state index in [0.29, 0.717) is 11.3 Å². The van der Waals surface area contributed by atoms with Gasteiger partial charge in [-0.15, -0.1) is 0 Å². The van der Waals surface area contributed by atoms with Crippen molar-refractivity contribution in [2.24, 2.45) is 0 Å². The molecule has 0 spiro atoms. The molecule has 0 bridgehead atoms. The summed E-state index contributed by atoms with van der Waals surface area (Å²) in [7, 11) is -3.26. The number of sulfone groups is 1. The zero-order valence-corrected chi connectivity index (χ0v) is 18.8. The highest BCUT2D eigenvalue weighted by Crippen LogP contribution is 2.29. The molecule has 0 aliphatic rings. The van der Waals surface area contributed by atoms with Crippen LogP contribution >= 0.6 is 11.6 Å². The molecule has 31 heavy (non-hydrogen) atoms. The molecule has 0 radical (unpaired) electrons. The fourth-order valence-corrected chi connectivity index (χ4v) is 4.01. The number of aromatic nitrogens is 1. The molecule has 1 heterocycles. The maximum Gasteiger partial charge on any atom is 0.233 e. The van der Waals surface area contributed by atoms with Crippen molar-refractivity contribution in [2.75, 3.05) is 11.1 Å². The summed E-state index contributed by atoms with van der Waals surface area (Å²) in [6.07, 6.45) is 1.34. The van der Waals surface area contributed by atoms with Crippen LogP contribution in [-0.4, -0.2) is 25.1 Å². The lowest BCUT2D eigenvalue weighted by atomic mass is 10.1. The van der Waals surface area contributed by atoms with E-state index in [-0.39, 0.29) is 40.0 Å². The van der Waals surface area contributed by atoms with Crippen LogP contribution in [0, 0.1) is 0 Å². The van der Waals surface area contributed by atoms with Crippen LogP contribution in [-0.2, 0) is 21.1 Å². The minimum Gasteiger partial charge on any atom is -0.469 e. The van der Waals surface area contributed by atoms with Gasteiger partial charge in [0.05, 0.1) is 29.0 Å². The molecule has 0 unspecified atom stereocenters. The number of pyridine rings is 1. The van der Waals surface area contributed by atoms with E-state index in [0.717, 1.165) is 5.56 Å². The Balaban J connectivity index is 1.61. The molecular weight excluding hydrogens is 436 g/mol. The number of ether oxygens (including phenoxy) is 1. The van der Waals surface area contributed by atoms with Crippen LogP contribution in [0.2, 0.25) is 5.02 Å². The molecule has 1 N–H and O–H groups in total. The van der Waals surface area contributed by atoms with Crippen molar-refractivity contribution in [2.45, 2.75) is 31.3 Å². The third-order valence-corrected chi connectivity index (χ3v) is 6.70. The molecule has 6 nitrogen and oxygen atoms in total. The van der Waals surface area contributed by atoms with E-state index in [2.05, 4.69) is 10.3 Å². The van der Waals surface area contributed by atoms with Gasteiger partial charge in [0.25, 0.3) is 0 Å². The molecule has 0 saturated carbocycles. The molecule has 1 aromatic heterocycles. The number of hydrogen-bond acceptors (Lipinski definition) is 5. The van der Waals surface area contributed by atoms with Crippen molar-refractivity contribution in [1.82, 2.24) is 4.98 Å². The van der Waals surface area contributed by atoms with Crippen molar-refractivity contribution in [3.8, 4) is 5.88 Å². The summed E-state index contributed by atoms with van der Waals surface area (Å²) in [5.41, 5.74) is 2.14. The van der Waals surface area contributed by atoms with Crippen molar-refractivity contribution in [3.05, 3.63) is 83.0 Å². The minimum atomic E-state index is -3.26. The van der Waals surface area contributed by atoms with Gasteiger partial charge in [0.2, 0.25) is 11.8 Å². The van der Waals surface area contributed by atoms with Crippen LogP contribution in [0.3, 0.4) is 0 Å². The Labute approximate surface area is 187 Å². The second kappa shape index (κ2) is 9.94. The molecule has 0 fully saturated rings. The lowest BCUT2D eigenvalue weighted by Crippen LogP contribution is -2.15. The lowest BCUT2D eigenvalue weighted by molar-refractivity contribution is -0.115. The number of carbonyl (C=O) groups is 1. The van der Waals surface area contributed by atoms with Crippen LogP contribution < -0.4 is 10.1 Å². The SMILES string of the molecule is CCS(=O)(=O)c1ccc(CC(=O)Nc2cnc(O[C@@H](C)c3ccccc3)c(Cl)c2)cc1. The van der Waals surface area contributed by atoms with Crippen molar-refractivity contribution < 1.29 is 17.9 Å². The van der Waals surface area contributed by atoms with Crippen molar-refractivity contribution in [3.63, 3.8) is 0 Å². The number of halogens is 1. The quantitative estimate of drug-likeness (QED) is 0.521. The highest BCUT2D eigenvalue weighted by atomic mass is 35.5. The molecule has 0 aliphatic heterocycles. The number of anilines is 1. The Kier molecular flexibility index (Phi) is 7.30. The fraction of sp³-hybridized carbons (Fsp3) is 0.217. The summed E-state index contributed by atoms with van der Waals surface area (Å²) in [5, 5.41) is 3.03. The first-order valence-electron chi connectivity index (χ1n) is 9.77. The predicted octanol–water partition coefficient (Wildman–Crippen LogP) is 4.85. The number of carbonyl (C=O) groups excluding carboxylic acids is 1. The van der Waals surface area contributed by atoms with Crippen LogP contribution in [0.25, 0.3) is 0 Å². The second-order valence-electron chi connectivity index (χ2n) is 6.95. The lowest BCUT2D eigenvalue weighted by Gasteiger charge is -2.15. The monoisotopic (exact) mass is 458 g/mol. The Morgan fingerprint density at radius 2 is 1.81 bits per heavy atom. The molecule has 0 aliphatic carbocycles. The summed E-state index contributed by atoms with van der Waals surface area (Å²) in [4.78, 5) is 16.8. The van der Waals surface area contributed by atoms with E-state index in [9.17, 15) is 13.2 Å². The molecule has 2 aromatic carbocycles. The summed E-state index contributed by atoms with van der Waals surface area (Å²) in [6.45, 7) is 3.49. The number of benzene rings is 2. The molecule has 1 atom stereocenters. The van der Waals surface area contributed by atoms with E-state index in [4.69, 9.17) is 16.3 Å². The van der Waals surface area contributed by atoms with E-state index in [1.807, 2.05) is 37.3 Å². The number of amides is 1. The molecule has 3 rings (SSSR count). The van der Waals surface area contributed by atoms with Crippen LogP contribution in [0.4, 0.5) is 5.69 Å². The number of rotatable bonds is 8.